The van der Waals surface area contributed by atoms with E-state index in [1.165, 1.54) is 23.5 Å². The number of hydrogen-bond acceptors (Lipinski definition) is 9. The normalized spacial score (nSPS) is 27.3. The van der Waals surface area contributed by atoms with Crippen LogP contribution >= 0.6 is 0 Å². The highest BCUT2D eigenvalue weighted by Crippen LogP contribution is 2.51. The molecule has 8 atom stereocenters. The van der Waals surface area contributed by atoms with Crippen molar-refractivity contribution in [3.05, 3.63) is 60.2 Å². The summed E-state index contributed by atoms with van der Waals surface area (Å²) in [6.07, 6.45) is -0.976. The van der Waals surface area contributed by atoms with Gasteiger partial charge in [-0.25, -0.2) is 13.2 Å². The topological polar surface area (TPSA) is 133 Å². The molecule has 2 unspecified atom stereocenters. The molecule has 1 saturated carbocycles. The van der Waals surface area contributed by atoms with Crippen molar-refractivity contribution < 1.29 is 42.0 Å². The summed E-state index contributed by atoms with van der Waals surface area (Å²) in [6.45, 7) is 4.81. The summed E-state index contributed by atoms with van der Waals surface area (Å²) >= 11 is 0. The van der Waals surface area contributed by atoms with Crippen molar-refractivity contribution in [1.29, 1.82) is 0 Å². The Morgan fingerprint density at radius 2 is 1.80 bits per heavy atom. The van der Waals surface area contributed by atoms with E-state index in [0.717, 1.165) is 5.56 Å². The standard InChI is InChI=1S/C33H46N2O9S/c1-21(2)17-35(45(38,39)26-12-10-24(41-4)11-13-26)18-29(36)28(14-22-8-6-5-7-9-22)34-33(37)44-30-15-23-19-42-32-31(23)27(30)16-25(43-32)20-40-3/h5-13,21,23,25,27-32,36H,14-20H2,1-4H3,(H,34,37)/t23?,25-,27?,28-,29+,30-,31+,32-/m0/s1. The van der Waals surface area contributed by atoms with Gasteiger partial charge >= 0.3 is 6.09 Å². The van der Waals surface area contributed by atoms with E-state index in [4.69, 9.17) is 23.7 Å². The first-order valence-electron chi connectivity index (χ1n) is 15.7. The molecule has 0 aromatic heterocycles. The van der Waals surface area contributed by atoms with Gasteiger partial charge < -0.3 is 34.1 Å². The van der Waals surface area contributed by atoms with Gasteiger partial charge in [-0.1, -0.05) is 44.2 Å². The number of benzene rings is 2. The van der Waals surface area contributed by atoms with Crippen molar-refractivity contribution in [2.45, 2.75) is 68.6 Å². The molecule has 2 aliphatic heterocycles. The molecule has 11 nitrogen and oxygen atoms in total. The Balaban J connectivity index is 1.31. The molecular formula is C33H46N2O9S. The summed E-state index contributed by atoms with van der Waals surface area (Å²) in [5.41, 5.74) is 0.887. The van der Waals surface area contributed by atoms with Crippen molar-refractivity contribution in [2.24, 2.45) is 23.7 Å². The monoisotopic (exact) mass is 646 g/mol. The molecule has 2 aromatic rings. The lowest BCUT2D eigenvalue weighted by molar-refractivity contribution is -0.215. The van der Waals surface area contributed by atoms with Crippen molar-refractivity contribution in [1.82, 2.24) is 9.62 Å². The number of aliphatic hydroxyl groups excluding tert-OH is 1. The molecule has 1 amide bonds. The second-order valence-electron chi connectivity index (χ2n) is 12.7. The third kappa shape index (κ3) is 7.98. The van der Waals surface area contributed by atoms with Crippen LogP contribution in [-0.4, -0.2) is 95.1 Å². The average molecular weight is 647 g/mol. The van der Waals surface area contributed by atoms with Gasteiger partial charge in [-0.15, -0.1) is 0 Å². The number of alkyl carbamates (subject to hydrolysis) is 1. The van der Waals surface area contributed by atoms with Gasteiger partial charge in [0.25, 0.3) is 0 Å². The first-order valence-corrected chi connectivity index (χ1v) is 17.1. The quantitative estimate of drug-likeness (QED) is 0.317. The molecule has 12 heteroatoms. The lowest BCUT2D eigenvalue weighted by Crippen LogP contribution is -2.52. The predicted molar refractivity (Wildman–Crippen MR) is 166 cm³/mol. The number of ether oxygens (including phenoxy) is 5. The Hall–Kier alpha value is -2.74. The van der Waals surface area contributed by atoms with Crippen molar-refractivity contribution in [3.8, 4) is 5.75 Å². The molecule has 3 fully saturated rings. The molecule has 3 aliphatic rings. The summed E-state index contributed by atoms with van der Waals surface area (Å²) in [6, 6.07) is 14.8. The van der Waals surface area contributed by atoms with E-state index in [-0.39, 0.29) is 66.6 Å². The minimum absolute atomic E-state index is 0.00764. The van der Waals surface area contributed by atoms with E-state index in [9.17, 15) is 18.3 Å². The zero-order valence-corrected chi connectivity index (χ0v) is 27.2. The van der Waals surface area contributed by atoms with Crippen LogP contribution in [0.1, 0.15) is 32.3 Å². The minimum Gasteiger partial charge on any atom is -0.497 e. The molecule has 248 valence electrons. The molecule has 0 spiro atoms. The molecule has 2 heterocycles. The van der Waals surface area contributed by atoms with Crippen LogP contribution in [0.4, 0.5) is 4.79 Å². The van der Waals surface area contributed by atoms with Crippen LogP contribution in [0.25, 0.3) is 0 Å². The Bertz CT molecular complexity index is 1360. The van der Waals surface area contributed by atoms with E-state index < -0.39 is 28.3 Å². The first kappa shape index (κ1) is 33.6. The molecule has 5 rings (SSSR count). The van der Waals surface area contributed by atoms with Gasteiger partial charge in [0.2, 0.25) is 10.0 Å². The number of nitrogens with zero attached hydrogens (tertiary/aromatic N) is 1. The maximum absolute atomic E-state index is 13.7. The number of rotatable bonds is 14. The lowest BCUT2D eigenvalue weighted by atomic mass is 9.84. The van der Waals surface area contributed by atoms with E-state index >= 15 is 0 Å². The highest BCUT2D eigenvalue weighted by molar-refractivity contribution is 7.89. The van der Waals surface area contributed by atoms with E-state index in [2.05, 4.69) is 5.32 Å². The molecule has 1 aliphatic carbocycles. The van der Waals surface area contributed by atoms with Crippen LogP contribution in [-0.2, 0) is 35.4 Å². The fourth-order valence-corrected chi connectivity index (χ4v) is 8.58. The predicted octanol–water partition coefficient (Wildman–Crippen LogP) is 3.45. The highest BCUT2D eigenvalue weighted by Gasteiger charge is 2.56. The van der Waals surface area contributed by atoms with Crippen LogP contribution in [0.2, 0.25) is 0 Å². The largest absolute Gasteiger partial charge is 0.497 e. The smallest absolute Gasteiger partial charge is 0.407 e. The van der Waals surface area contributed by atoms with Gasteiger partial charge in [-0.05, 0) is 60.9 Å². The maximum atomic E-state index is 13.7. The summed E-state index contributed by atoms with van der Waals surface area (Å²) < 4.78 is 57.3. The molecule has 45 heavy (non-hydrogen) atoms. The van der Waals surface area contributed by atoms with Gasteiger partial charge in [0.05, 0.1) is 43.5 Å². The van der Waals surface area contributed by atoms with E-state index in [1.807, 2.05) is 44.2 Å². The number of amides is 1. The second kappa shape index (κ2) is 14.8. The maximum Gasteiger partial charge on any atom is 0.407 e. The van der Waals surface area contributed by atoms with Crippen LogP contribution in [0, 0.1) is 23.7 Å². The highest BCUT2D eigenvalue weighted by atomic mass is 32.2. The van der Waals surface area contributed by atoms with E-state index in [1.54, 1.807) is 19.2 Å². The van der Waals surface area contributed by atoms with Crippen LogP contribution < -0.4 is 10.1 Å². The molecule has 2 N–H and O–H groups in total. The Morgan fingerprint density at radius 3 is 2.47 bits per heavy atom. The third-order valence-electron chi connectivity index (χ3n) is 9.04. The van der Waals surface area contributed by atoms with Crippen molar-refractivity contribution in [2.75, 3.05) is 40.5 Å². The SMILES string of the molecule is COC[C@@H]1CC2[C@H]3C(CO[C@H]3O1)C[C@@H]2OC(=O)N[C@@H](Cc1ccccc1)[C@H](O)CN(CC(C)C)S(=O)(=O)c1ccc(OC)cc1. The summed E-state index contributed by atoms with van der Waals surface area (Å²) in [5, 5.41) is 14.5. The van der Waals surface area contributed by atoms with Crippen LogP contribution in [0.3, 0.4) is 0 Å². The summed E-state index contributed by atoms with van der Waals surface area (Å²) in [4.78, 5) is 13.6. The Labute approximate surface area is 266 Å². The Morgan fingerprint density at radius 1 is 1.07 bits per heavy atom. The van der Waals surface area contributed by atoms with Crippen molar-refractivity contribution >= 4 is 16.1 Å². The zero-order valence-electron chi connectivity index (χ0n) is 26.4. The van der Waals surface area contributed by atoms with Gasteiger partial charge in [0, 0.05) is 32.0 Å². The molecular weight excluding hydrogens is 600 g/mol. The lowest BCUT2D eigenvalue weighted by Gasteiger charge is -2.37. The molecule has 0 bridgehead atoms. The molecule has 2 saturated heterocycles. The van der Waals surface area contributed by atoms with Gasteiger partial charge in [0.1, 0.15) is 11.9 Å². The number of hydrogen-bond donors (Lipinski definition) is 2. The van der Waals surface area contributed by atoms with Gasteiger partial charge in [-0.3, -0.25) is 0 Å². The number of nitrogens with one attached hydrogen (secondary N) is 1. The first-order chi connectivity index (χ1) is 21.6. The number of sulfonamides is 1. The van der Waals surface area contributed by atoms with Gasteiger partial charge in [0.15, 0.2) is 6.29 Å². The van der Waals surface area contributed by atoms with Crippen LogP contribution in [0.15, 0.2) is 59.5 Å². The summed E-state index contributed by atoms with van der Waals surface area (Å²) in [7, 11) is -0.812. The Kier molecular flexibility index (Phi) is 11.0. The fourth-order valence-electron chi connectivity index (χ4n) is 6.96. The molecule has 0 radical (unpaired) electrons. The average Bonchev–Trinajstić information content (AvgIpc) is 3.58. The number of carbonyl (C=O) groups excluding carboxylic acids is 1. The second-order valence-corrected chi connectivity index (χ2v) is 14.7. The number of carbonyl (C=O) groups is 1. The zero-order chi connectivity index (χ0) is 32.1. The third-order valence-corrected chi connectivity index (χ3v) is 10.9. The van der Waals surface area contributed by atoms with E-state index in [0.29, 0.717) is 31.8 Å². The fraction of sp³-hybridized carbons (Fsp3) is 0.606. The van der Waals surface area contributed by atoms with Crippen molar-refractivity contribution in [3.63, 3.8) is 0 Å². The number of aliphatic hydroxyl groups is 1. The van der Waals surface area contributed by atoms with Gasteiger partial charge in [-0.2, -0.15) is 4.31 Å². The summed E-state index contributed by atoms with van der Waals surface area (Å²) in [5.74, 6) is 1.02. The minimum atomic E-state index is -3.96. The van der Waals surface area contributed by atoms with Crippen LogP contribution in [0.5, 0.6) is 5.75 Å². The molecule has 2 aromatic carbocycles. The number of methoxy groups -OCH3 is 2.